The van der Waals surface area contributed by atoms with E-state index in [9.17, 15) is 9.18 Å². The number of halogens is 1. The Morgan fingerprint density at radius 2 is 2.26 bits per heavy atom. The summed E-state index contributed by atoms with van der Waals surface area (Å²) in [5, 5.41) is 6.27. The van der Waals surface area contributed by atoms with Crippen LogP contribution in [0.3, 0.4) is 0 Å². The molecule has 0 bridgehead atoms. The molecular formula is C18H20FN3O. The van der Waals surface area contributed by atoms with Crippen molar-refractivity contribution in [2.75, 3.05) is 13.1 Å². The van der Waals surface area contributed by atoms with Crippen LogP contribution in [0.5, 0.6) is 0 Å². The average molecular weight is 313 g/mol. The number of pyridine rings is 1. The predicted octanol–water partition coefficient (Wildman–Crippen LogP) is 2.40. The van der Waals surface area contributed by atoms with E-state index in [0.717, 1.165) is 36.3 Å². The second-order valence-electron chi connectivity index (χ2n) is 5.88. The first-order valence-electron chi connectivity index (χ1n) is 7.86. The molecule has 0 radical (unpaired) electrons. The SMILES string of the molecule is CC(CNC(=O)c1cccc2c1CNCC2)c1ccc(F)cn1. The number of rotatable bonds is 4. The van der Waals surface area contributed by atoms with E-state index >= 15 is 0 Å². The first-order chi connectivity index (χ1) is 11.1. The second-order valence-corrected chi connectivity index (χ2v) is 5.88. The van der Waals surface area contributed by atoms with E-state index in [1.165, 1.54) is 17.8 Å². The quantitative estimate of drug-likeness (QED) is 0.911. The summed E-state index contributed by atoms with van der Waals surface area (Å²) in [6.07, 6.45) is 2.15. The molecule has 3 rings (SSSR count). The molecule has 1 aliphatic heterocycles. The maximum atomic E-state index is 12.9. The van der Waals surface area contributed by atoms with Crippen LogP contribution in [0.4, 0.5) is 4.39 Å². The average Bonchev–Trinajstić information content (AvgIpc) is 2.59. The van der Waals surface area contributed by atoms with Crippen LogP contribution in [0.1, 0.15) is 40.0 Å². The molecule has 5 heteroatoms. The topological polar surface area (TPSA) is 54.0 Å². The lowest BCUT2D eigenvalue weighted by Crippen LogP contribution is -2.31. The molecule has 2 aromatic rings. The molecule has 2 N–H and O–H groups in total. The van der Waals surface area contributed by atoms with Crippen LogP contribution in [0, 0.1) is 5.82 Å². The van der Waals surface area contributed by atoms with Crippen LogP contribution in [0.15, 0.2) is 36.5 Å². The van der Waals surface area contributed by atoms with Crippen LogP contribution in [0.25, 0.3) is 0 Å². The Bertz CT molecular complexity index is 700. The smallest absolute Gasteiger partial charge is 0.251 e. The summed E-state index contributed by atoms with van der Waals surface area (Å²) in [5.74, 6) is -0.398. The van der Waals surface area contributed by atoms with Crippen molar-refractivity contribution in [3.8, 4) is 0 Å². The number of carbonyl (C=O) groups excluding carboxylic acids is 1. The van der Waals surface area contributed by atoms with Crippen molar-refractivity contribution < 1.29 is 9.18 Å². The Morgan fingerprint density at radius 3 is 3.04 bits per heavy atom. The predicted molar refractivity (Wildman–Crippen MR) is 86.8 cm³/mol. The van der Waals surface area contributed by atoms with Gasteiger partial charge in [0.15, 0.2) is 0 Å². The van der Waals surface area contributed by atoms with Crippen molar-refractivity contribution >= 4 is 5.91 Å². The summed E-state index contributed by atoms with van der Waals surface area (Å²) in [5.41, 5.74) is 3.82. The molecule has 1 aromatic carbocycles. The third kappa shape index (κ3) is 3.56. The molecule has 4 nitrogen and oxygen atoms in total. The number of hydrogen-bond acceptors (Lipinski definition) is 3. The third-order valence-electron chi connectivity index (χ3n) is 4.21. The molecular weight excluding hydrogens is 293 g/mol. The van der Waals surface area contributed by atoms with E-state index in [2.05, 4.69) is 21.7 Å². The number of hydrogen-bond donors (Lipinski definition) is 2. The third-order valence-corrected chi connectivity index (χ3v) is 4.21. The Hall–Kier alpha value is -2.27. The molecule has 2 heterocycles. The van der Waals surface area contributed by atoms with Gasteiger partial charge in [0, 0.05) is 30.3 Å². The maximum Gasteiger partial charge on any atom is 0.251 e. The zero-order valence-corrected chi connectivity index (χ0v) is 13.1. The largest absolute Gasteiger partial charge is 0.351 e. The number of nitrogens with one attached hydrogen (secondary N) is 2. The Balaban J connectivity index is 1.67. The Labute approximate surface area is 135 Å². The molecule has 0 spiro atoms. The summed E-state index contributed by atoms with van der Waals surface area (Å²) in [7, 11) is 0. The molecule has 0 aliphatic carbocycles. The summed E-state index contributed by atoms with van der Waals surface area (Å²) < 4.78 is 12.9. The van der Waals surface area contributed by atoms with E-state index in [4.69, 9.17) is 0 Å². The van der Waals surface area contributed by atoms with Gasteiger partial charge in [-0.2, -0.15) is 0 Å². The highest BCUT2D eigenvalue weighted by Gasteiger charge is 2.18. The van der Waals surface area contributed by atoms with Crippen LogP contribution < -0.4 is 10.6 Å². The minimum atomic E-state index is -0.353. The zero-order chi connectivity index (χ0) is 16.2. The standard InChI is InChI=1S/C18H20FN3O/c1-12(17-6-5-14(19)10-21-17)9-22-18(23)15-4-2-3-13-7-8-20-11-16(13)15/h2-6,10,12,20H,7-9,11H2,1H3,(H,22,23). The van der Waals surface area contributed by atoms with Crippen molar-refractivity contribution in [1.82, 2.24) is 15.6 Å². The molecule has 0 fully saturated rings. The van der Waals surface area contributed by atoms with Crippen LogP contribution in [-0.4, -0.2) is 24.0 Å². The van der Waals surface area contributed by atoms with E-state index in [1.807, 2.05) is 19.1 Å². The van der Waals surface area contributed by atoms with Crippen molar-refractivity contribution in [1.29, 1.82) is 0 Å². The van der Waals surface area contributed by atoms with E-state index < -0.39 is 0 Å². The lowest BCUT2D eigenvalue weighted by atomic mass is 9.95. The van der Waals surface area contributed by atoms with Gasteiger partial charge in [0.2, 0.25) is 0 Å². The minimum Gasteiger partial charge on any atom is -0.351 e. The summed E-state index contributed by atoms with van der Waals surface area (Å²) >= 11 is 0. The highest BCUT2D eigenvalue weighted by molar-refractivity contribution is 5.96. The van der Waals surface area contributed by atoms with E-state index in [-0.39, 0.29) is 17.6 Å². The summed E-state index contributed by atoms with van der Waals surface area (Å²) in [4.78, 5) is 16.6. The van der Waals surface area contributed by atoms with Gasteiger partial charge < -0.3 is 10.6 Å². The zero-order valence-electron chi connectivity index (χ0n) is 13.1. The molecule has 0 saturated carbocycles. The minimum absolute atomic E-state index is 0.0252. The van der Waals surface area contributed by atoms with Crippen molar-refractivity contribution in [2.24, 2.45) is 0 Å². The first-order valence-corrected chi connectivity index (χ1v) is 7.86. The fourth-order valence-corrected chi connectivity index (χ4v) is 2.85. The number of carbonyl (C=O) groups is 1. The van der Waals surface area contributed by atoms with Gasteiger partial charge in [0.05, 0.1) is 6.20 Å². The van der Waals surface area contributed by atoms with Gasteiger partial charge in [0.25, 0.3) is 5.91 Å². The van der Waals surface area contributed by atoms with Gasteiger partial charge in [-0.05, 0) is 42.3 Å². The van der Waals surface area contributed by atoms with E-state index in [1.54, 1.807) is 6.07 Å². The number of amides is 1. The number of fused-ring (bicyclic) bond motifs is 1. The van der Waals surface area contributed by atoms with Gasteiger partial charge >= 0.3 is 0 Å². The maximum absolute atomic E-state index is 12.9. The number of nitrogens with zero attached hydrogens (tertiary/aromatic N) is 1. The van der Waals surface area contributed by atoms with Crippen molar-refractivity contribution in [2.45, 2.75) is 25.8 Å². The Morgan fingerprint density at radius 1 is 1.39 bits per heavy atom. The van der Waals surface area contributed by atoms with Gasteiger partial charge in [-0.1, -0.05) is 19.1 Å². The van der Waals surface area contributed by atoms with Crippen molar-refractivity contribution in [3.05, 3.63) is 64.7 Å². The second kappa shape index (κ2) is 6.87. The highest BCUT2D eigenvalue weighted by atomic mass is 19.1. The molecule has 1 aliphatic rings. The fourth-order valence-electron chi connectivity index (χ4n) is 2.85. The van der Waals surface area contributed by atoms with Crippen LogP contribution >= 0.6 is 0 Å². The van der Waals surface area contributed by atoms with Gasteiger partial charge in [-0.3, -0.25) is 9.78 Å². The fraction of sp³-hybridized carbons (Fsp3) is 0.333. The first kappa shape index (κ1) is 15.6. The van der Waals surface area contributed by atoms with Crippen LogP contribution in [0.2, 0.25) is 0 Å². The molecule has 120 valence electrons. The number of benzene rings is 1. The normalized spacial score (nSPS) is 14.9. The summed E-state index contributed by atoms with van der Waals surface area (Å²) in [6.45, 7) is 4.11. The lowest BCUT2D eigenvalue weighted by molar-refractivity contribution is 0.0950. The molecule has 1 amide bonds. The van der Waals surface area contributed by atoms with Gasteiger partial charge in [0.1, 0.15) is 5.82 Å². The molecule has 0 saturated heterocycles. The van der Waals surface area contributed by atoms with Crippen molar-refractivity contribution in [3.63, 3.8) is 0 Å². The van der Waals surface area contributed by atoms with Gasteiger partial charge in [-0.25, -0.2) is 4.39 Å². The van der Waals surface area contributed by atoms with E-state index in [0.29, 0.717) is 6.54 Å². The molecule has 23 heavy (non-hydrogen) atoms. The molecule has 1 unspecified atom stereocenters. The van der Waals surface area contributed by atoms with Crippen LogP contribution in [-0.2, 0) is 13.0 Å². The van der Waals surface area contributed by atoms with Gasteiger partial charge in [-0.15, -0.1) is 0 Å². The summed E-state index contributed by atoms with van der Waals surface area (Å²) in [6, 6.07) is 8.92. The molecule has 1 aromatic heterocycles. The monoisotopic (exact) mass is 313 g/mol. The Kier molecular flexibility index (Phi) is 4.67. The highest BCUT2D eigenvalue weighted by Crippen LogP contribution is 2.19. The number of aromatic nitrogens is 1. The molecule has 1 atom stereocenters. The lowest BCUT2D eigenvalue weighted by Gasteiger charge is -2.20.